The zero-order chi connectivity index (χ0) is 13.4. The molecule has 0 bridgehead atoms. The molecule has 0 amide bonds. The lowest BCUT2D eigenvalue weighted by molar-refractivity contribution is -0.0499. The number of hydrogen-bond acceptors (Lipinski definition) is 3. The molecular weight excluding hydrogens is 240 g/mol. The summed E-state index contributed by atoms with van der Waals surface area (Å²) in [5.41, 5.74) is 0.867. The van der Waals surface area contributed by atoms with Gasteiger partial charge in [0, 0.05) is 6.61 Å². The zero-order valence-electron chi connectivity index (χ0n) is 10.7. The van der Waals surface area contributed by atoms with Crippen LogP contribution in [0.2, 0.25) is 0 Å². The number of likely N-dealkylation sites (N-methyl/N-ethyl adjacent to an activating group) is 1. The van der Waals surface area contributed by atoms with Crippen LogP contribution in [0.15, 0.2) is 24.3 Å². The molecule has 0 spiro atoms. The first-order valence-corrected chi connectivity index (χ1v) is 5.97. The van der Waals surface area contributed by atoms with Crippen LogP contribution >= 0.6 is 0 Å². The summed E-state index contributed by atoms with van der Waals surface area (Å²) in [5, 5.41) is 3.09. The van der Waals surface area contributed by atoms with Gasteiger partial charge >= 0.3 is 6.61 Å². The lowest BCUT2D eigenvalue weighted by Gasteiger charge is -2.17. The highest BCUT2D eigenvalue weighted by Gasteiger charge is 2.11. The smallest absolute Gasteiger partial charge is 0.387 e. The molecule has 0 aliphatic heterocycles. The van der Waals surface area contributed by atoms with Crippen molar-refractivity contribution in [1.82, 2.24) is 5.32 Å². The number of rotatable bonds is 8. The first kappa shape index (κ1) is 14.9. The van der Waals surface area contributed by atoms with E-state index in [4.69, 9.17) is 4.74 Å². The average molecular weight is 259 g/mol. The molecule has 0 aromatic heterocycles. The summed E-state index contributed by atoms with van der Waals surface area (Å²) in [6.45, 7) is 0.420. The second kappa shape index (κ2) is 8.00. The van der Waals surface area contributed by atoms with Crippen LogP contribution in [0.3, 0.4) is 0 Å². The lowest BCUT2D eigenvalue weighted by atomic mass is 10.1. The Hall–Kier alpha value is -1.20. The van der Waals surface area contributed by atoms with Crippen molar-refractivity contribution in [2.45, 2.75) is 26.0 Å². The lowest BCUT2D eigenvalue weighted by Crippen LogP contribution is -2.22. The quantitative estimate of drug-likeness (QED) is 0.728. The van der Waals surface area contributed by atoms with Gasteiger partial charge in [0.2, 0.25) is 0 Å². The van der Waals surface area contributed by atoms with Crippen LogP contribution in [-0.2, 0) is 4.74 Å². The summed E-state index contributed by atoms with van der Waals surface area (Å²) < 4.78 is 34.1. The second-order valence-corrected chi connectivity index (χ2v) is 3.87. The number of benzene rings is 1. The maximum absolute atomic E-state index is 12.1. The Morgan fingerprint density at radius 1 is 1.33 bits per heavy atom. The molecule has 5 heteroatoms. The fourth-order valence-corrected chi connectivity index (χ4v) is 1.60. The van der Waals surface area contributed by atoms with Crippen molar-refractivity contribution in [2.24, 2.45) is 0 Å². The minimum Gasteiger partial charge on any atom is -0.435 e. The van der Waals surface area contributed by atoms with Crippen LogP contribution in [-0.4, -0.2) is 26.9 Å². The summed E-state index contributed by atoms with van der Waals surface area (Å²) in [7, 11) is 1.81. The van der Waals surface area contributed by atoms with E-state index >= 15 is 0 Å². The Bertz CT molecular complexity index is 348. The summed E-state index contributed by atoms with van der Waals surface area (Å²) in [5.74, 6) is 0.165. The van der Waals surface area contributed by atoms with Crippen molar-refractivity contribution in [3.8, 4) is 5.75 Å². The van der Waals surface area contributed by atoms with Crippen LogP contribution in [0.5, 0.6) is 5.75 Å². The van der Waals surface area contributed by atoms with Crippen molar-refractivity contribution in [1.29, 1.82) is 0 Å². The molecule has 102 valence electrons. The third kappa shape index (κ3) is 4.98. The van der Waals surface area contributed by atoms with E-state index < -0.39 is 6.61 Å². The summed E-state index contributed by atoms with van der Waals surface area (Å²) in [4.78, 5) is 0. The fourth-order valence-electron chi connectivity index (χ4n) is 1.60. The van der Waals surface area contributed by atoms with Crippen LogP contribution < -0.4 is 10.1 Å². The van der Waals surface area contributed by atoms with E-state index in [1.165, 1.54) is 6.07 Å². The molecular formula is C13H19F2NO2. The maximum atomic E-state index is 12.1. The molecule has 0 radical (unpaired) electrons. The molecule has 18 heavy (non-hydrogen) atoms. The highest BCUT2D eigenvalue weighted by molar-refractivity contribution is 5.30. The Morgan fingerprint density at radius 2 is 2.11 bits per heavy atom. The number of ether oxygens (including phenoxy) is 2. The summed E-state index contributed by atoms with van der Waals surface area (Å²) in [6.07, 6.45) is 0.949. The van der Waals surface area contributed by atoms with Crippen molar-refractivity contribution in [3.63, 3.8) is 0 Å². The van der Waals surface area contributed by atoms with Crippen molar-refractivity contribution >= 4 is 0 Å². The van der Waals surface area contributed by atoms with Crippen LogP contribution in [0.25, 0.3) is 0 Å². The van der Waals surface area contributed by atoms with Gasteiger partial charge in [0.1, 0.15) is 5.75 Å². The molecule has 1 unspecified atom stereocenters. The largest absolute Gasteiger partial charge is 0.435 e. The first-order valence-electron chi connectivity index (χ1n) is 5.97. The van der Waals surface area contributed by atoms with E-state index in [2.05, 4.69) is 10.1 Å². The molecule has 1 N–H and O–H groups in total. The average Bonchev–Trinajstić information content (AvgIpc) is 2.34. The molecule has 1 aromatic carbocycles. The van der Waals surface area contributed by atoms with E-state index in [0.717, 1.165) is 12.0 Å². The Balaban J connectivity index is 2.66. The third-order valence-corrected chi connectivity index (χ3v) is 2.47. The molecule has 1 atom stereocenters. The molecule has 1 rings (SSSR count). The summed E-state index contributed by atoms with van der Waals surface area (Å²) in [6, 6.07) is 6.63. The van der Waals surface area contributed by atoms with Crippen LogP contribution in [0, 0.1) is 0 Å². The van der Waals surface area contributed by atoms with Gasteiger partial charge in [-0.3, -0.25) is 0 Å². The zero-order valence-corrected chi connectivity index (χ0v) is 10.7. The van der Waals surface area contributed by atoms with Crippen molar-refractivity contribution < 1.29 is 18.3 Å². The molecule has 1 aromatic rings. The molecule has 3 nitrogen and oxygen atoms in total. The van der Waals surface area contributed by atoms with Crippen LogP contribution in [0.1, 0.15) is 24.9 Å². The van der Waals surface area contributed by atoms with Crippen molar-refractivity contribution in [3.05, 3.63) is 29.8 Å². The van der Waals surface area contributed by atoms with Gasteiger partial charge in [0.25, 0.3) is 0 Å². The molecule has 0 saturated heterocycles. The van der Waals surface area contributed by atoms with Crippen LogP contribution in [0.4, 0.5) is 8.78 Å². The van der Waals surface area contributed by atoms with Gasteiger partial charge in [-0.2, -0.15) is 8.78 Å². The Labute approximate surface area is 106 Å². The van der Waals surface area contributed by atoms with Gasteiger partial charge in [-0.1, -0.05) is 19.1 Å². The fraction of sp³-hybridized carbons (Fsp3) is 0.538. The van der Waals surface area contributed by atoms with Gasteiger partial charge in [-0.25, -0.2) is 0 Å². The van der Waals surface area contributed by atoms with E-state index in [0.29, 0.717) is 13.2 Å². The van der Waals surface area contributed by atoms with Gasteiger partial charge in [-0.15, -0.1) is 0 Å². The number of hydrogen-bond donors (Lipinski definition) is 1. The monoisotopic (exact) mass is 259 g/mol. The van der Waals surface area contributed by atoms with Crippen molar-refractivity contribution in [2.75, 3.05) is 20.3 Å². The van der Waals surface area contributed by atoms with Gasteiger partial charge in [0.05, 0.1) is 12.6 Å². The SMILES string of the molecule is CCCOCC(NC)c1cccc(OC(F)F)c1. The van der Waals surface area contributed by atoms with Gasteiger partial charge in [0.15, 0.2) is 0 Å². The standard InChI is InChI=1S/C13H19F2NO2/c1-3-7-17-9-12(16-2)10-5-4-6-11(8-10)18-13(14)15/h4-6,8,12-13,16H,3,7,9H2,1-2H3. The van der Waals surface area contributed by atoms with E-state index in [9.17, 15) is 8.78 Å². The number of nitrogens with one attached hydrogen (secondary N) is 1. The predicted octanol–water partition coefficient (Wildman–Crippen LogP) is 2.98. The Morgan fingerprint density at radius 3 is 2.72 bits per heavy atom. The number of halogens is 2. The van der Waals surface area contributed by atoms with Gasteiger partial charge in [-0.05, 0) is 31.2 Å². The normalized spacial score (nSPS) is 12.7. The molecule has 0 fully saturated rings. The predicted molar refractivity (Wildman–Crippen MR) is 66.0 cm³/mol. The first-order chi connectivity index (χ1) is 8.67. The molecule has 0 saturated carbocycles. The minimum absolute atomic E-state index is 0.0298. The molecule has 0 aliphatic rings. The minimum atomic E-state index is -2.80. The Kier molecular flexibility index (Phi) is 6.60. The third-order valence-electron chi connectivity index (χ3n) is 2.47. The molecule has 0 aliphatic carbocycles. The highest BCUT2D eigenvalue weighted by Crippen LogP contribution is 2.21. The van der Waals surface area contributed by atoms with E-state index in [1.54, 1.807) is 19.2 Å². The van der Waals surface area contributed by atoms with E-state index in [1.807, 2.05) is 13.0 Å². The maximum Gasteiger partial charge on any atom is 0.387 e. The molecule has 0 heterocycles. The number of alkyl halides is 2. The van der Waals surface area contributed by atoms with Gasteiger partial charge < -0.3 is 14.8 Å². The topological polar surface area (TPSA) is 30.5 Å². The van der Waals surface area contributed by atoms with E-state index in [-0.39, 0.29) is 11.8 Å². The highest BCUT2D eigenvalue weighted by atomic mass is 19.3. The second-order valence-electron chi connectivity index (χ2n) is 3.87. The summed E-state index contributed by atoms with van der Waals surface area (Å²) >= 11 is 0.